The van der Waals surface area contributed by atoms with Crippen molar-refractivity contribution in [2.75, 3.05) is 0 Å². The van der Waals surface area contributed by atoms with E-state index in [1.54, 1.807) is 24.2 Å². The van der Waals surface area contributed by atoms with Crippen LogP contribution in [0, 0.1) is 13.0 Å². The van der Waals surface area contributed by atoms with Gasteiger partial charge in [0.2, 0.25) is 0 Å². The minimum absolute atomic E-state index is 0. The average Bonchev–Trinajstić information content (AvgIpc) is 3.51. The summed E-state index contributed by atoms with van der Waals surface area (Å²) in [6, 6.07) is 16.3. The van der Waals surface area contributed by atoms with Crippen molar-refractivity contribution < 1.29 is 49.0 Å². The van der Waals surface area contributed by atoms with Crippen LogP contribution in [0.2, 0.25) is 0 Å². The summed E-state index contributed by atoms with van der Waals surface area (Å²) in [7, 11) is 0. The summed E-state index contributed by atoms with van der Waals surface area (Å²) in [6.07, 6.45) is 11.4. The van der Waals surface area contributed by atoms with E-state index in [0.717, 1.165) is 6.42 Å². The SMILES string of the molecule is CC1(C)[C-]=Cc2cc3c(cc21)Cc1cc2c(cc1-3)C=CC2(C)C.C[C](C)=[Zr+2].Cc1cc(C(C)(C)C)c[cH-]1.[Cl-].[Cl-]. The number of hydrogen-bond donors (Lipinski definition) is 0. The predicted octanol–water partition coefficient (Wildman–Crippen LogP) is 3.43. The van der Waals surface area contributed by atoms with Crippen molar-refractivity contribution in [1.29, 1.82) is 0 Å². The first-order valence-electron chi connectivity index (χ1n) is 13.5. The van der Waals surface area contributed by atoms with Gasteiger partial charge in [-0.05, 0) is 45.9 Å². The number of hydrogen-bond acceptors (Lipinski definition) is 0. The molecule has 206 valence electrons. The fourth-order valence-corrected chi connectivity index (χ4v) is 5.43. The van der Waals surface area contributed by atoms with Crippen molar-refractivity contribution in [2.24, 2.45) is 0 Å². The topological polar surface area (TPSA) is 0 Å². The maximum atomic E-state index is 3.50. The Hall–Kier alpha value is -1.40. The molecule has 6 rings (SSSR count). The van der Waals surface area contributed by atoms with Gasteiger partial charge in [-0.15, -0.1) is 11.6 Å². The quantitative estimate of drug-likeness (QED) is 0.260. The standard InChI is InChI=1S/C23H21.C10H15.C3H6.2ClH.Zr/c1-22(2)7-5-14-10-18-16(12-20(14)22)9-17-13-21-15(11-19(17)18)6-8-23(21,3)4;1-8-5-6-9(7-8)10(2,3)4;1-3-2;;;/h5-7,10-13H,9H2,1-4H3;5-7H,1-4H3;1-2H3;2*1H;/q2*-1;;;;+2/p-2. The Bertz CT molecular complexity index is 1340. The van der Waals surface area contributed by atoms with Crippen molar-refractivity contribution in [3.63, 3.8) is 0 Å². The van der Waals surface area contributed by atoms with Crippen LogP contribution >= 0.6 is 0 Å². The molecule has 0 aromatic heterocycles. The minimum Gasteiger partial charge on any atom is -1.00 e. The van der Waals surface area contributed by atoms with Gasteiger partial charge in [0.25, 0.3) is 0 Å². The molecule has 0 heterocycles. The van der Waals surface area contributed by atoms with E-state index >= 15 is 0 Å². The van der Waals surface area contributed by atoms with Gasteiger partial charge in [-0.1, -0.05) is 90.5 Å². The molecule has 3 aromatic rings. The molecule has 0 spiro atoms. The monoisotopic (exact) mass is 634 g/mol. The molecule has 0 amide bonds. The zero-order valence-corrected chi connectivity index (χ0v) is 29.2. The van der Waals surface area contributed by atoms with E-state index in [4.69, 9.17) is 0 Å². The van der Waals surface area contributed by atoms with Crippen LogP contribution in [-0.2, 0) is 46.9 Å². The second-order valence-electron chi connectivity index (χ2n) is 13.3. The van der Waals surface area contributed by atoms with Gasteiger partial charge in [-0.3, -0.25) is 6.08 Å². The van der Waals surface area contributed by atoms with Gasteiger partial charge < -0.3 is 24.8 Å². The summed E-state index contributed by atoms with van der Waals surface area (Å²) in [5.41, 5.74) is 14.8. The first-order valence-corrected chi connectivity index (χ1v) is 14.7. The fourth-order valence-electron chi connectivity index (χ4n) is 5.43. The Morgan fingerprint density at radius 1 is 0.872 bits per heavy atom. The number of allylic oxidation sites excluding steroid dienone is 2. The Balaban J connectivity index is 0.000000282. The summed E-state index contributed by atoms with van der Waals surface area (Å²) in [5.74, 6) is 0. The van der Waals surface area contributed by atoms with Crippen LogP contribution < -0.4 is 24.8 Å². The van der Waals surface area contributed by atoms with Crippen molar-refractivity contribution in [1.82, 2.24) is 0 Å². The molecular weight excluding hydrogens is 595 g/mol. The zero-order valence-electron chi connectivity index (χ0n) is 25.2. The molecule has 0 saturated carbocycles. The van der Waals surface area contributed by atoms with E-state index in [1.807, 2.05) is 0 Å². The summed E-state index contributed by atoms with van der Waals surface area (Å²) >= 11 is 1.55. The first kappa shape index (κ1) is 33.8. The van der Waals surface area contributed by atoms with Crippen molar-refractivity contribution in [3.8, 4) is 11.1 Å². The number of fused-ring (bicyclic) bond motifs is 5. The van der Waals surface area contributed by atoms with Crippen LogP contribution in [0.3, 0.4) is 0 Å². The molecule has 0 radical (unpaired) electrons. The molecule has 39 heavy (non-hydrogen) atoms. The molecule has 3 heteroatoms. The van der Waals surface area contributed by atoms with Crippen LogP contribution in [0.15, 0.2) is 48.5 Å². The van der Waals surface area contributed by atoms with Crippen LogP contribution in [0.25, 0.3) is 23.3 Å². The van der Waals surface area contributed by atoms with Gasteiger partial charge in [-0.2, -0.15) is 28.8 Å². The molecule has 0 bridgehead atoms. The average molecular weight is 637 g/mol. The summed E-state index contributed by atoms with van der Waals surface area (Å²) < 4.78 is 1.51. The number of benzene rings is 2. The molecule has 3 aromatic carbocycles. The Morgan fingerprint density at radius 3 is 1.90 bits per heavy atom. The molecule has 3 aliphatic rings. The smallest absolute Gasteiger partial charge is 0.0635 e. The minimum atomic E-state index is 0. The maximum absolute atomic E-state index is 3.50. The van der Waals surface area contributed by atoms with Crippen molar-refractivity contribution in [2.45, 2.75) is 91.9 Å². The maximum Gasteiger partial charge on any atom is -0.0635 e. The van der Waals surface area contributed by atoms with E-state index in [9.17, 15) is 0 Å². The van der Waals surface area contributed by atoms with Crippen LogP contribution in [0.5, 0.6) is 0 Å². The summed E-state index contributed by atoms with van der Waals surface area (Å²) in [4.78, 5) is 0. The third-order valence-electron chi connectivity index (χ3n) is 7.63. The molecule has 0 fully saturated rings. The van der Waals surface area contributed by atoms with Gasteiger partial charge in [0.15, 0.2) is 0 Å². The molecule has 0 atom stereocenters. The first-order chi connectivity index (χ1) is 17.1. The largest absolute Gasteiger partial charge is 1.00 e. The van der Waals surface area contributed by atoms with Crippen LogP contribution in [0.4, 0.5) is 0 Å². The molecule has 0 N–H and O–H groups in total. The van der Waals surface area contributed by atoms with E-state index in [1.165, 1.54) is 58.8 Å². The number of halogens is 2. The summed E-state index contributed by atoms with van der Waals surface area (Å²) in [5, 5.41) is 0. The molecular formula is C36H42Cl2Zr-2. The van der Waals surface area contributed by atoms with Gasteiger partial charge in [0.1, 0.15) is 0 Å². The van der Waals surface area contributed by atoms with Crippen LogP contribution in [0.1, 0.15) is 107 Å². The Kier molecular flexibility index (Phi) is 10.6. The van der Waals surface area contributed by atoms with E-state index in [0.29, 0.717) is 5.41 Å². The van der Waals surface area contributed by atoms with Crippen LogP contribution in [-0.4, -0.2) is 3.21 Å². The van der Waals surface area contributed by atoms with E-state index in [2.05, 4.69) is 136 Å². The number of aryl methyl sites for hydroxylation is 1. The van der Waals surface area contributed by atoms with E-state index in [-0.39, 0.29) is 35.6 Å². The molecule has 0 saturated heterocycles. The predicted molar refractivity (Wildman–Crippen MR) is 159 cm³/mol. The zero-order chi connectivity index (χ0) is 27.3. The molecule has 0 aliphatic heterocycles. The van der Waals surface area contributed by atoms with Gasteiger partial charge in [0.05, 0.1) is 0 Å². The second kappa shape index (κ2) is 12.2. The van der Waals surface area contributed by atoms with Crippen molar-refractivity contribution in [3.05, 3.63) is 99.1 Å². The normalized spacial score (nSPS) is 15.8. The van der Waals surface area contributed by atoms with Gasteiger partial charge in [-0.25, -0.2) is 12.1 Å². The van der Waals surface area contributed by atoms with Gasteiger partial charge in [0, 0.05) is 5.41 Å². The Labute approximate surface area is 264 Å². The number of rotatable bonds is 0. The third-order valence-corrected chi connectivity index (χ3v) is 7.63. The third kappa shape index (κ3) is 7.28. The second-order valence-corrected chi connectivity index (χ2v) is 15.7. The Morgan fingerprint density at radius 2 is 1.41 bits per heavy atom. The molecule has 0 nitrogen and oxygen atoms in total. The van der Waals surface area contributed by atoms with Gasteiger partial charge >= 0.3 is 41.3 Å². The molecule has 3 aliphatic carbocycles. The molecule has 0 unspecified atom stereocenters. The summed E-state index contributed by atoms with van der Waals surface area (Å²) in [6.45, 7) is 22.2. The fraction of sp³-hybridized carbons (Fsp3) is 0.389. The van der Waals surface area contributed by atoms with E-state index < -0.39 is 0 Å². The van der Waals surface area contributed by atoms with Crippen molar-refractivity contribution >= 4 is 15.4 Å².